The smallest absolute Gasteiger partial charge is 0.344 e. The van der Waals surface area contributed by atoms with E-state index < -0.39 is 5.97 Å². The minimum atomic E-state index is -0.635. The summed E-state index contributed by atoms with van der Waals surface area (Å²) in [6.07, 6.45) is 2.00. The van der Waals surface area contributed by atoms with Crippen molar-refractivity contribution in [2.75, 3.05) is 32.0 Å². The van der Waals surface area contributed by atoms with E-state index in [1.54, 1.807) is 23.1 Å². The molecule has 21 heavy (non-hydrogen) atoms. The van der Waals surface area contributed by atoms with E-state index in [1.165, 1.54) is 0 Å². The zero-order valence-electron chi connectivity index (χ0n) is 12.1. The van der Waals surface area contributed by atoms with E-state index in [0.717, 1.165) is 25.9 Å². The number of nitrogens with zero attached hydrogens (tertiary/aromatic N) is 1. The second-order valence-electron chi connectivity index (χ2n) is 4.82. The Morgan fingerprint density at radius 2 is 2.00 bits per heavy atom. The summed E-state index contributed by atoms with van der Waals surface area (Å²) in [6, 6.07) is 4.95. The Morgan fingerprint density at radius 3 is 2.67 bits per heavy atom. The maximum atomic E-state index is 12.1. The van der Waals surface area contributed by atoms with Crippen LogP contribution in [0.5, 0.6) is 5.75 Å². The Balaban J connectivity index is 2.01. The number of anilines is 1. The third-order valence-corrected chi connectivity index (χ3v) is 3.35. The van der Waals surface area contributed by atoms with E-state index in [1.807, 2.05) is 6.92 Å². The third kappa shape index (κ3) is 3.65. The maximum Gasteiger partial charge on any atom is 0.344 e. The first-order valence-corrected chi connectivity index (χ1v) is 7.09. The molecule has 0 aliphatic carbocycles. The number of nitrogen functional groups attached to an aromatic ring is 1. The van der Waals surface area contributed by atoms with Crippen molar-refractivity contribution in [2.45, 2.75) is 19.8 Å². The van der Waals surface area contributed by atoms with Crippen molar-refractivity contribution in [1.29, 1.82) is 0 Å². The highest BCUT2D eigenvalue weighted by atomic mass is 16.5. The number of rotatable bonds is 5. The van der Waals surface area contributed by atoms with Crippen LogP contribution in [0.3, 0.4) is 0 Å². The third-order valence-electron chi connectivity index (χ3n) is 3.35. The van der Waals surface area contributed by atoms with Crippen molar-refractivity contribution in [3.63, 3.8) is 0 Å². The van der Waals surface area contributed by atoms with Crippen LogP contribution in [0.4, 0.5) is 5.69 Å². The lowest BCUT2D eigenvalue weighted by Crippen LogP contribution is -2.32. The standard InChI is InChI=1S/C15H20N2O4/c1-2-20-12-7-5-6-11(16)14(12)15(19)21-10-13(18)17-8-3-4-9-17/h5-7H,2-4,8-10,16H2,1H3. The molecule has 1 aromatic rings. The Bertz CT molecular complexity index is 524. The van der Waals surface area contributed by atoms with Crippen molar-refractivity contribution in [1.82, 2.24) is 4.90 Å². The normalized spacial score (nSPS) is 14.0. The van der Waals surface area contributed by atoms with Gasteiger partial charge in [0.2, 0.25) is 0 Å². The van der Waals surface area contributed by atoms with Crippen molar-refractivity contribution in [3.05, 3.63) is 23.8 Å². The molecule has 2 rings (SSSR count). The van der Waals surface area contributed by atoms with Crippen molar-refractivity contribution < 1.29 is 19.1 Å². The molecule has 6 nitrogen and oxygen atoms in total. The van der Waals surface area contributed by atoms with Gasteiger partial charge in [-0.15, -0.1) is 0 Å². The summed E-state index contributed by atoms with van der Waals surface area (Å²) in [5.74, 6) is -0.437. The molecule has 114 valence electrons. The largest absolute Gasteiger partial charge is 0.493 e. The summed E-state index contributed by atoms with van der Waals surface area (Å²) in [7, 11) is 0. The molecular weight excluding hydrogens is 272 g/mol. The molecule has 0 spiro atoms. The van der Waals surface area contributed by atoms with Crippen molar-refractivity contribution in [3.8, 4) is 5.75 Å². The molecule has 0 saturated carbocycles. The van der Waals surface area contributed by atoms with Crippen LogP contribution in [0.15, 0.2) is 18.2 Å². The van der Waals surface area contributed by atoms with Crippen LogP contribution in [-0.2, 0) is 9.53 Å². The molecule has 1 fully saturated rings. The number of nitrogens with two attached hydrogens (primary N) is 1. The molecule has 1 aromatic carbocycles. The van der Waals surface area contributed by atoms with Gasteiger partial charge in [0.1, 0.15) is 11.3 Å². The van der Waals surface area contributed by atoms with Gasteiger partial charge in [-0.05, 0) is 31.9 Å². The van der Waals surface area contributed by atoms with Gasteiger partial charge in [-0.2, -0.15) is 0 Å². The summed E-state index contributed by atoms with van der Waals surface area (Å²) in [5, 5.41) is 0. The fraction of sp³-hybridized carbons (Fsp3) is 0.467. The first kappa shape index (κ1) is 15.2. The minimum absolute atomic E-state index is 0.173. The number of amides is 1. The first-order chi connectivity index (χ1) is 10.1. The summed E-state index contributed by atoms with van der Waals surface area (Å²) in [5.41, 5.74) is 6.26. The summed E-state index contributed by atoms with van der Waals surface area (Å²) >= 11 is 0. The lowest BCUT2D eigenvalue weighted by Gasteiger charge is -2.16. The van der Waals surface area contributed by atoms with E-state index in [9.17, 15) is 9.59 Å². The molecule has 0 aromatic heterocycles. The van der Waals surface area contributed by atoms with E-state index in [-0.39, 0.29) is 23.8 Å². The number of esters is 1. The summed E-state index contributed by atoms with van der Waals surface area (Å²) in [6.45, 7) is 3.42. The molecule has 1 aliphatic rings. The predicted octanol–water partition coefficient (Wildman–Crippen LogP) is 1.45. The molecule has 1 aliphatic heterocycles. The Kier molecular flexibility index (Phi) is 5.03. The quantitative estimate of drug-likeness (QED) is 0.656. The van der Waals surface area contributed by atoms with Crippen LogP contribution in [0.2, 0.25) is 0 Å². The molecule has 2 N–H and O–H groups in total. The van der Waals surface area contributed by atoms with Crippen LogP contribution in [-0.4, -0.2) is 43.1 Å². The highest BCUT2D eigenvalue weighted by Gasteiger charge is 2.22. The van der Waals surface area contributed by atoms with Crippen LogP contribution >= 0.6 is 0 Å². The molecule has 1 amide bonds. The maximum absolute atomic E-state index is 12.1. The SMILES string of the molecule is CCOc1cccc(N)c1C(=O)OCC(=O)N1CCCC1. The number of likely N-dealkylation sites (tertiary alicyclic amines) is 1. The van der Waals surface area contributed by atoms with Crippen LogP contribution < -0.4 is 10.5 Å². The molecule has 0 unspecified atom stereocenters. The van der Waals surface area contributed by atoms with Crippen LogP contribution in [0.25, 0.3) is 0 Å². The Morgan fingerprint density at radius 1 is 1.29 bits per heavy atom. The van der Waals surface area contributed by atoms with Crippen molar-refractivity contribution >= 4 is 17.6 Å². The number of hydrogen-bond acceptors (Lipinski definition) is 5. The number of ether oxygens (including phenoxy) is 2. The van der Waals surface area contributed by atoms with Gasteiger partial charge in [-0.3, -0.25) is 4.79 Å². The predicted molar refractivity (Wildman–Crippen MR) is 78.1 cm³/mol. The van der Waals surface area contributed by atoms with E-state index >= 15 is 0 Å². The fourth-order valence-corrected chi connectivity index (χ4v) is 2.30. The molecule has 1 heterocycles. The second-order valence-corrected chi connectivity index (χ2v) is 4.82. The molecule has 0 radical (unpaired) electrons. The van der Waals surface area contributed by atoms with Crippen LogP contribution in [0.1, 0.15) is 30.1 Å². The molecule has 6 heteroatoms. The van der Waals surface area contributed by atoms with Gasteiger partial charge in [-0.1, -0.05) is 6.07 Å². The lowest BCUT2D eigenvalue weighted by atomic mass is 10.1. The molecular formula is C15H20N2O4. The average Bonchev–Trinajstić information content (AvgIpc) is 2.99. The topological polar surface area (TPSA) is 81.9 Å². The number of benzene rings is 1. The lowest BCUT2D eigenvalue weighted by molar-refractivity contribution is -0.133. The molecule has 0 atom stereocenters. The van der Waals surface area contributed by atoms with E-state index in [2.05, 4.69) is 0 Å². The van der Waals surface area contributed by atoms with Gasteiger partial charge >= 0.3 is 5.97 Å². The zero-order valence-corrected chi connectivity index (χ0v) is 12.1. The Labute approximate surface area is 123 Å². The highest BCUT2D eigenvalue weighted by Crippen LogP contribution is 2.25. The monoisotopic (exact) mass is 292 g/mol. The Hall–Kier alpha value is -2.24. The van der Waals surface area contributed by atoms with E-state index in [0.29, 0.717) is 12.4 Å². The molecule has 1 saturated heterocycles. The van der Waals surface area contributed by atoms with Gasteiger partial charge in [0.05, 0.1) is 6.61 Å². The highest BCUT2D eigenvalue weighted by molar-refractivity contribution is 5.99. The van der Waals surface area contributed by atoms with Gasteiger partial charge in [-0.25, -0.2) is 4.79 Å². The van der Waals surface area contributed by atoms with Crippen LogP contribution in [0, 0.1) is 0 Å². The molecule has 0 bridgehead atoms. The minimum Gasteiger partial charge on any atom is -0.493 e. The van der Waals surface area contributed by atoms with Gasteiger partial charge in [0.15, 0.2) is 6.61 Å². The number of carbonyl (C=O) groups is 2. The summed E-state index contributed by atoms with van der Waals surface area (Å²) in [4.78, 5) is 25.7. The average molecular weight is 292 g/mol. The zero-order chi connectivity index (χ0) is 15.2. The number of carbonyl (C=O) groups excluding carboxylic acids is 2. The summed E-state index contributed by atoms with van der Waals surface area (Å²) < 4.78 is 10.4. The number of hydrogen-bond donors (Lipinski definition) is 1. The van der Waals surface area contributed by atoms with Gasteiger partial charge < -0.3 is 20.1 Å². The van der Waals surface area contributed by atoms with Gasteiger partial charge in [0, 0.05) is 18.8 Å². The van der Waals surface area contributed by atoms with E-state index in [4.69, 9.17) is 15.2 Å². The van der Waals surface area contributed by atoms with Gasteiger partial charge in [0.25, 0.3) is 5.91 Å². The van der Waals surface area contributed by atoms with Crippen molar-refractivity contribution in [2.24, 2.45) is 0 Å². The first-order valence-electron chi connectivity index (χ1n) is 7.09. The second kappa shape index (κ2) is 6.97. The fourth-order valence-electron chi connectivity index (χ4n) is 2.30.